The molecule has 1 aliphatic heterocycles. The van der Waals surface area contributed by atoms with Crippen LogP contribution in [0.15, 0.2) is 53.3 Å². The molecule has 28 heavy (non-hydrogen) atoms. The molecule has 0 radical (unpaired) electrons. The lowest BCUT2D eigenvalue weighted by Gasteiger charge is -2.29. The fourth-order valence-corrected chi connectivity index (χ4v) is 3.72. The van der Waals surface area contributed by atoms with Crippen LogP contribution in [0.2, 0.25) is 0 Å². The van der Waals surface area contributed by atoms with Crippen LogP contribution >= 0.6 is 0 Å². The molecule has 0 N–H and O–H groups in total. The molecule has 2 heterocycles. The number of rotatable bonds is 5. The summed E-state index contributed by atoms with van der Waals surface area (Å²) in [5, 5.41) is 6.14. The van der Waals surface area contributed by atoms with E-state index in [0.29, 0.717) is 6.67 Å². The van der Waals surface area contributed by atoms with Crippen LogP contribution in [0, 0.1) is 6.92 Å². The minimum absolute atomic E-state index is 0.0456. The van der Waals surface area contributed by atoms with Crippen LogP contribution in [0.1, 0.15) is 11.3 Å². The zero-order valence-electron chi connectivity index (χ0n) is 16.5. The Labute approximate surface area is 164 Å². The van der Waals surface area contributed by atoms with Crippen molar-refractivity contribution in [3.8, 4) is 0 Å². The van der Waals surface area contributed by atoms with Crippen molar-refractivity contribution in [3.05, 3.63) is 70.1 Å². The number of hydrogen-bond donors (Lipinski definition) is 0. The van der Waals surface area contributed by atoms with E-state index in [1.165, 1.54) is 11.3 Å². The molecule has 6 nitrogen and oxygen atoms in total. The Hall–Kier alpha value is -2.70. The van der Waals surface area contributed by atoms with E-state index in [1.807, 2.05) is 38.2 Å². The predicted octanol–water partition coefficient (Wildman–Crippen LogP) is 2.63. The van der Waals surface area contributed by atoms with E-state index >= 15 is 0 Å². The molecule has 2 aromatic carbocycles. The fraction of sp³-hybridized carbons (Fsp3) is 0.364. The van der Waals surface area contributed by atoms with Gasteiger partial charge in [-0.05, 0) is 37.7 Å². The van der Waals surface area contributed by atoms with Crippen LogP contribution in [0.5, 0.6) is 0 Å². The van der Waals surface area contributed by atoms with E-state index < -0.39 is 0 Å². The summed E-state index contributed by atoms with van der Waals surface area (Å²) in [4.78, 5) is 17.2. The molecule has 4 rings (SSSR count). The molecule has 3 aromatic rings. The third kappa shape index (κ3) is 3.93. The Morgan fingerprint density at radius 1 is 1.04 bits per heavy atom. The fourth-order valence-electron chi connectivity index (χ4n) is 3.72. The zero-order chi connectivity index (χ0) is 19.5. The van der Waals surface area contributed by atoms with Gasteiger partial charge in [-0.25, -0.2) is 4.68 Å². The summed E-state index contributed by atoms with van der Waals surface area (Å²) >= 11 is 0. The van der Waals surface area contributed by atoms with Gasteiger partial charge in [0.05, 0.1) is 31.0 Å². The summed E-state index contributed by atoms with van der Waals surface area (Å²) in [7, 11) is 2.01. The third-order valence-corrected chi connectivity index (χ3v) is 5.19. The second-order valence-corrected chi connectivity index (χ2v) is 7.36. The minimum Gasteiger partial charge on any atom is -0.378 e. The summed E-state index contributed by atoms with van der Waals surface area (Å²) in [6.07, 6.45) is 0. The largest absolute Gasteiger partial charge is 0.378 e. The minimum atomic E-state index is -0.0456. The molecule has 0 spiro atoms. The Morgan fingerprint density at radius 3 is 2.43 bits per heavy atom. The molecule has 0 unspecified atom stereocenters. The number of nitrogens with zero attached hydrogens (tertiary/aromatic N) is 4. The van der Waals surface area contributed by atoms with E-state index in [1.54, 1.807) is 4.68 Å². The molecule has 146 valence electrons. The van der Waals surface area contributed by atoms with Crippen molar-refractivity contribution >= 4 is 16.5 Å². The number of aromatic nitrogens is 2. The van der Waals surface area contributed by atoms with Gasteiger partial charge in [-0.3, -0.25) is 9.69 Å². The van der Waals surface area contributed by atoms with E-state index in [-0.39, 0.29) is 5.56 Å². The SMILES string of the molecule is Cc1nn(CN(C)Cc2ccc(N3CCOCC3)cc2)c(=O)c2ccccc12. The predicted molar refractivity (Wildman–Crippen MR) is 112 cm³/mol. The summed E-state index contributed by atoms with van der Waals surface area (Å²) in [6.45, 7) is 6.61. The van der Waals surface area contributed by atoms with Crippen molar-refractivity contribution in [2.45, 2.75) is 20.1 Å². The summed E-state index contributed by atoms with van der Waals surface area (Å²) in [5.41, 5.74) is 3.27. The van der Waals surface area contributed by atoms with Crippen LogP contribution in [-0.4, -0.2) is 48.0 Å². The smallest absolute Gasteiger partial charge is 0.275 e. The van der Waals surface area contributed by atoms with Gasteiger partial charge in [-0.15, -0.1) is 0 Å². The highest BCUT2D eigenvalue weighted by Gasteiger charge is 2.12. The van der Waals surface area contributed by atoms with E-state index in [0.717, 1.165) is 49.3 Å². The van der Waals surface area contributed by atoms with Crippen LogP contribution in [0.25, 0.3) is 10.8 Å². The van der Waals surface area contributed by atoms with Crippen LogP contribution in [0.3, 0.4) is 0 Å². The summed E-state index contributed by atoms with van der Waals surface area (Å²) < 4.78 is 6.97. The molecule has 0 bridgehead atoms. The second kappa shape index (κ2) is 8.12. The first-order valence-electron chi connectivity index (χ1n) is 9.68. The molecule has 0 aliphatic carbocycles. The number of aryl methyl sites for hydroxylation is 1. The van der Waals surface area contributed by atoms with Gasteiger partial charge in [0.25, 0.3) is 5.56 Å². The van der Waals surface area contributed by atoms with Crippen LogP contribution in [-0.2, 0) is 18.0 Å². The number of ether oxygens (including phenoxy) is 1. The molecule has 0 atom stereocenters. The van der Waals surface area contributed by atoms with E-state index in [4.69, 9.17) is 4.74 Å². The Morgan fingerprint density at radius 2 is 1.71 bits per heavy atom. The molecule has 1 aliphatic rings. The van der Waals surface area contributed by atoms with Gasteiger partial charge >= 0.3 is 0 Å². The number of benzene rings is 2. The topological polar surface area (TPSA) is 50.6 Å². The molecule has 1 fully saturated rings. The van der Waals surface area contributed by atoms with E-state index in [2.05, 4.69) is 39.2 Å². The highest BCUT2D eigenvalue weighted by molar-refractivity contribution is 5.83. The number of hydrogen-bond acceptors (Lipinski definition) is 5. The molecule has 0 saturated carbocycles. The average Bonchev–Trinajstić information content (AvgIpc) is 2.73. The van der Waals surface area contributed by atoms with Gasteiger partial charge in [-0.2, -0.15) is 5.10 Å². The molecule has 0 amide bonds. The molecular weight excluding hydrogens is 352 g/mol. The number of anilines is 1. The maximum atomic E-state index is 12.7. The summed E-state index contributed by atoms with van der Waals surface area (Å²) in [5.74, 6) is 0. The van der Waals surface area contributed by atoms with Crippen molar-refractivity contribution < 1.29 is 4.74 Å². The van der Waals surface area contributed by atoms with E-state index in [9.17, 15) is 4.79 Å². The highest BCUT2D eigenvalue weighted by Crippen LogP contribution is 2.17. The van der Waals surface area contributed by atoms with Gasteiger partial charge in [0, 0.05) is 30.7 Å². The maximum Gasteiger partial charge on any atom is 0.275 e. The van der Waals surface area contributed by atoms with Crippen molar-refractivity contribution in [3.63, 3.8) is 0 Å². The van der Waals surface area contributed by atoms with Gasteiger partial charge in [-0.1, -0.05) is 30.3 Å². The first kappa shape index (κ1) is 18.7. The lowest BCUT2D eigenvalue weighted by molar-refractivity contribution is 0.122. The van der Waals surface area contributed by atoms with Gasteiger partial charge in [0.15, 0.2) is 0 Å². The standard InChI is InChI=1S/C22H26N4O2/c1-17-20-5-3-4-6-21(20)22(27)26(23-17)16-24(2)15-18-7-9-19(10-8-18)25-11-13-28-14-12-25/h3-10H,11-16H2,1-2H3. The zero-order valence-corrected chi connectivity index (χ0v) is 16.5. The average molecular weight is 378 g/mol. The van der Waals surface area contributed by atoms with Gasteiger partial charge < -0.3 is 9.64 Å². The number of morpholine rings is 1. The Bertz CT molecular complexity index is 1010. The Kier molecular flexibility index (Phi) is 5.41. The second-order valence-electron chi connectivity index (χ2n) is 7.36. The van der Waals surface area contributed by atoms with Crippen LogP contribution < -0.4 is 10.5 Å². The summed E-state index contributed by atoms with van der Waals surface area (Å²) in [6, 6.07) is 16.3. The van der Waals surface area contributed by atoms with Gasteiger partial charge in [0.2, 0.25) is 0 Å². The quantitative estimate of drug-likeness (QED) is 0.683. The molecule has 6 heteroatoms. The van der Waals surface area contributed by atoms with Gasteiger partial charge in [0.1, 0.15) is 0 Å². The third-order valence-electron chi connectivity index (χ3n) is 5.19. The number of fused-ring (bicyclic) bond motifs is 1. The molecule has 1 saturated heterocycles. The van der Waals surface area contributed by atoms with Crippen molar-refractivity contribution in [2.24, 2.45) is 0 Å². The van der Waals surface area contributed by atoms with Crippen molar-refractivity contribution in [1.82, 2.24) is 14.7 Å². The van der Waals surface area contributed by atoms with Crippen LogP contribution in [0.4, 0.5) is 5.69 Å². The first-order valence-corrected chi connectivity index (χ1v) is 9.68. The lowest BCUT2D eigenvalue weighted by atomic mass is 10.1. The first-order chi connectivity index (χ1) is 13.6. The highest BCUT2D eigenvalue weighted by atomic mass is 16.5. The molecule has 1 aromatic heterocycles. The lowest BCUT2D eigenvalue weighted by Crippen LogP contribution is -2.36. The normalized spacial score (nSPS) is 14.8. The maximum absolute atomic E-state index is 12.7. The van der Waals surface area contributed by atoms with Crippen molar-refractivity contribution in [1.29, 1.82) is 0 Å². The van der Waals surface area contributed by atoms with Crippen molar-refractivity contribution in [2.75, 3.05) is 38.3 Å². The molecular formula is C22H26N4O2. The monoisotopic (exact) mass is 378 g/mol. The Balaban J connectivity index is 1.46.